The van der Waals surface area contributed by atoms with Crippen molar-refractivity contribution in [1.82, 2.24) is 25.2 Å². The Hall–Kier alpha value is -2.15. The first-order chi connectivity index (χ1) is 11.2. The highest BCUT2D eigenvalue weighted by atomic mass is 16.5. The first kappa shape index (κ1) is 15.7. The second-order valence-electron chi connectivity index (χ2n) is 6.00. The van der Waals surface area contributed by atoms with Crippen molar-refractivity contribution < 1.29 is 4.74 Å². The predicted molar refractivity (Wildman–Crippen MR) is 89.4 cm³/mol. The molecular weight excluding hydrogens is 292 g/mol. The molecule has 0 aromatic carbocycles. The Kier molecular flexibility index (Phi) is 4.76. The van der Waals surface area contributed by atoms with Crippen LogP contribution in [0.3, 0.4) is 0 Å². The Morgan fingerprint density at radius 2 is 2.30 bits per heavy atom. The normalized spacial score (nSPS) is 21.7. The van der Waals surface area contributed by atoms with E-state index >= 15 is 0 Å². The molecule has 0 radical (unpaired) electrons. The van der Waals surface area contributed by atoms with Gasteiger partial charge in [-0.2, -0.15) is 0 Å². The third kappa shape index (κ3) is 3.79. The summed E-state index contributed by atoms with van der Waals surface area (Å²) in [6.45, 7) is 7.07. The highest BCUT2D eigenvalue weighted by molar-refractivity contribution is 5.79. The van der Waals surface area contributed by atoms with Gasteiger partial charge in [0.1, 0.15) is 6.54 Å². The third-order valence-corrected chi connectivity index (χ3v) is 4.04. The molecule has 0 aliphatic carbocycles. The summed E-state index contributed by atoms with van der Waals surface area (Å²) < 4.78 is 7.76. The van der Waals surface area contributed by atoms with E-state index in [1.807, 2.05) is 28.8 Å². The Morgan fingerprint density at radius 3 is 3.09 bits per heavy atom. The van der Waals surface area contributed by atoms with Gasteiger partial charge in [-0.1, -0.05) is 6.07 Å². The van der Waals surface area contributed by atoms with E-state index in [-0.39, 0.29) is 5.60 Å². The van der Waals surface area contributed by atoms with E-state index in [4.69, 9.17) is 4.74 Å². The molecule has 0 amide bonds. The fourth-order valence-corrected chi connectivity index (χ4v) is 2.74. The molecule has 7 heteroatoms. The number of pyridine rings is 1. The Bertz CT molecular complexity index is 674. The van der Waals surface area contributed by atoms with E-state index in [1.165, 1.54) is 0 Å². The number of hydrogen-bond donors (Lipinski definition) is 2. The number of aliphatic imine (C=N–C) groups is 1. The van der Waals surface area contributed by atoms with Crippen molar-refractivity contribution in [3.8, 4) is 0 Å². The van der Waals surface area contributed by atoms with Gasteiger partial charge < -0.3 is 15.4 Å². The number of nitrogens with one attached hydrogen (secondary N) is 2. The maximum atomic E-state index is 5.81. The van der Waals surface area contributed by atoms with Crippen LogP contribution in [0.25, 0.3) is 5.65 Å². The zero-order chi connectivity index (χ0) is 16.1. The molecule has 0 saturated carbocycles. The summed E-state index contributed by atoms with van der Waals surface area (Å²) in [6, 6.07) is 5.85. The average molecular weight is 316 g/mol. The van der Waals surface area contributed by atoms with Gasteiger partial charge in [-0.3, -0.25) is 4.40 Å². The summed E-state index contributed by atoms with van der Waals surface area (Å²) in [4.78, 5) is 4.61. The number of ether oxygens (including phenoxy) is 1. The Morgan fingerprint density at radius 1 is 1.39 bits per heavy atom. The van der Waals surface area contributed by atoms with Crippen molar-refractivity contribution in [2.24, 2.45) is 4.99 Å². The largest absolute Gasteiger partial charge is 0.373 e. The molecule has 0 bridgehead atoms. The third-order valence-electron chi connectivity index (χ3n) is 4.04. The smallest absolute Gasteiger partial charge is 0.191 e. The van der Waals surface area contributed by atoms with Crippen LogP contribution in [-0.2, 0) is 11.3 Å². The number of guanidine groups is 1. The van der Waals surface area contributed by atoms with Crippen LogP contribution in [0.2, 0.25) is 0 Å². The van der Waals surface area contributed by atoms with E-state index < -0.39 is 0 Å². The van der Waals surface area contributed by atoms with Crippen molar-refractivity contribution in [3.05, 3.63) is 30.2 Å². The zero-order valence-electron chi connectivity index (χ0n) is 13.7. The lowest BCUT2D eigenvalue weighted by atomic mass is 10.0. The van der Waals surface area contributed by atoms with Crippen molar-refractivity contribution >= 4 is 11.6 Å². The molecule has 3 rings (SSSR count). The maximum absolute atomic E-state index is 5.81. The molecule has 124 valence electrons. The quantitative estimate of drug-likeness (QED) is 0.643. The summed E-state index contributed by atoms with van der Waals surface area (Å²) in [5.74, 6) is 1.60. The van der Waals surface area contributed by atoms with Gasteiger partial charge in [-0.15, -0.1) is 10.2 Å². The van der Waals surface area contributed by atoms with Crippen LogP contribution < -0.4 is 10.6 Å². The molecule has 23 heavy (non-hydrogen) atoms. The van der Waals surface area contributed by atoms with Crippen LogP contribution in [0, 0.1) is 0 Å². The lowest BCUT2D eigenvalue weighted by molar-refractivity contribution is 0.0243. The second kappa shape index (κ2) is 6.95. The van der Waals surface area contributed by atoms with Crippen molar-refractivity contribution in [3.63, 3.8) is 0 Å². The Balaban J connectivity index is 1.66. The average Bonchev–Trinajstić information content (AvgIpc) is 3.17. The standard InChI is InChI=1S/C16H24N6O/c1-3-17-15(19-12-16(2)8-6-10-23-16)18-11-14-21-20-13-7-4-5-9-22(13)14/h4-5,7,9H,3,6,8,10-12H2,1-2H3,(H2,17,18,19). The molecule has 1 aliphatic rings. The fraction of sp³-hybridized carbons (Fsp3) is 0.562. The highest BCUT2D eigenvalue weighted by Crippen LogP contribution is 2.23. The van der Waals surface area contributed by atoms with Gasteiger partial charge in [0, 0.05) is 25.9 Å². The SMILES string of the molecule is CCNC(=NCc1nnc2ccccn12)NCC1(C)CCCO1. The summed E-state index contributed by atoms with van der Waals surface area (Å²) in [7, 11) is 0. The molecule has 0 spiro atoms. The van der Waals surface area contributed by atoms with Crippen molar-refractivity contribution in [1.29, 1.82) is 0 Å². The summed E-state index contributed by atoms with van der Waals surface area (Å²) in [5, 5.41) is 15.0. The molecule has 2 aromatic heterocycles. The molecule has 2 aromatic rings. The molecule has 2 N–H and O–H groups in total. The highest BCUT2D eigenvalue weighted by Gasteiger charge is 2.29. The summed E-state index contributed by atoms with van der Waals surface area (Å²) >= 11 is 0. The summed E-state index contributed by atoms with van der Waals surface area (Å²) in [6.07, 6.45) is 4.15. The van der Waals surface area contributed by atoms with E-state index in [0.717, 1.165) is 50.0 Å². The monoisotopic (exact) mass is 316 g/mol. The zero-order valence-corrected chi connectivity index (χ0v) is 13.7. The first-order valence-electron chi connectivity index (χ1n) is 8.15. The van der Waals surface area contributed by atoms with Crippen molar-refractivity contribution in [2.45, 2.75) is 38.8 Å². The van der Waals surface area contributed by atoms with Crippen LogP contribution in [0.15, 0.2) is 29.4 Å². The van der Waals surface area contributed by atoms with Gasteiger partial charge in [-0.25, -0.2) is 4.99 Å². The van der Waals surface area contributed by atoms with Gasteiger partial charge >= 0.3 is 0 Å². The fourth-order valence-electron chi connectivity index (χ4n) is 2.74. The number of fused-ring (bicyclic) bond motifs is 1. The van der Waals surface area contributed by atoms with Crippen molar-refractivity contribution in [2.75, 3.05) is 19.7 Å². The van der Waals surface area contributed by atoms with Crippen LogP contribution in [0.1, 0.15) is 32.5 Å². The van der Waals surface area contributed by atoms with Crippen LogP contribution in [0.4, 0.5) is 0 Å². The van der Waals surface area contributed by atoms with E-state index in [9.17, 15) is 0 Å². The number of aromatic nitrogens is 3. The predicted octanol–water partition coefficient (Wildman–Crippen LogP) is 1.35. The second-order valence-corrected chi connectivity index (χ2v) is 6.00. The topological polar surface area (TPSA) is 75.8 Å². The lowest BCUT2D eigenvalue weighted by Crippen LogP contribution is -2.45. The first-order valence-corrected chi connectivity index (χ1v) is 8.15. The summed E-state index contributed by atoms with van der Waals surface area (Å²) in [5.41, 5.74) is 0.736. The number of rotatable bonds is 5. The van der Waals surface area contributed by atoms with Gasteiger partial charge in [0.05, 0.1) is 5.60 Å². The molecule has 1 saturated heterocycles. The molecule has 1 unspecified atom stereocenters. The minimum absolute atomic E-state index is 0.0995. The number of nitrogens with zero attached hydrogens (tertiary/aromatic N) is 4. The number of hydrogen-bond acceptors (Lipinski definition) is 4. The Labute approximate surface area is 136 Å². The molecule has 1 atom stereocenters. The van der Waals surface area contributed by atoms with E-state index in [2.05, 4.69) is 39.7 Å². The molecule has 1 aliphatic heterocycles. The molecule has 7 nitrogen and oxygen atoms in total. The van der Waals surface area contributed by atoms with Gasteiger partial charge in [0.2, 0.25) is 0 Å². The van der Waals surface area contributed by atoms with Gasteiger partial charge in [0.25, 0.3) is 0 Å². The molecule has 3 heterocycles. The molecule has 1 fully saturated rings. The van der Waals surface area contributed by atoms with Crippen LogP contribution in [-0.4, -0.2) is 45.9 Å². The van der Waals surface area contributed by atoms with E-state index in [0.29, 0.717) is 6.54 Å². The minimum atomic E-state index is -0.0995. The van der Waals surface area contributed by atoms with Crippen LogP contribution in [0.5, 0.6) is 0 Å². The van der Waals surface area contributed by atoms with E-state index in [1.54, 1.807) is 0 Å². The van der Waals surface area contributed by atoms with Crippen LogP contribution >= 0.6 is 0 Å². The lowest BCUT2D eigenvalue weighted by Gasteiger charge is -2.24. The van der Waals surface area contributed by atoms with Gasteiger partial charge in [0.15, 0.2) is 17.4 Å². The van der Waals surface area contributed by atoms with Gasteiger partial charge in [-0.05, 0) is 38.8 Å². The molecular formula is C16H24N6O. The minimum Gasteiger partial charge on any atom is -0.373 e. The maximum Gasteiger partial charge on any atom is 0.191 e.